The number of thiophene rings is 1. The number of rotatable bonds is 7. The third-order valence-electron chi connectivity index (χ3n) is 4.91. The average Bonchev–Trinajstić information content (AvgIpc) is 3.02. The SMILES string of the molecule is CC(C)Sc1nc(SCCCc2ccccc2)c2c3c(sc2n1)COC(C)(C)C3. The van der Waals surface area contributed by atoms with Gasteiger partial charge in [0.05, 0.1) is 12.2 Å². The second-order valence-corrected chi connectivity index (χ2v) is 12.0. The van der Waals surface area contributed by atoms with Gasteiger partial charge in [0.1, 0.15) is 9.86 Å². The van der Waals surface area contributed by atoms with E-state index in [2.05, 4.69) is 58.0 Å². The molecule has 0 radical (unpaired) electrons. The highest BCUT2D eigenvalue weighted by molar-refractivity contribution is 8.00. The second-order valence-electron chi connectivity index (χ2n) is 8.32. The van der Waals surface area contributed by atoms with E-state index in [9.17, 15) is 0 Å². The number of aryl methyl sites for hydroxylation is 1. The summed E-state index contributed by atoms with van der Waals surface area (Å²) in [7, 11) is 0. The lowest BCUT2D eigenvalue weighted by atomic mass is 9.95. The van der Waals surface area contributed by atoms with Gasteiger partial charge in [0.15, 0.2) is 5.16 Å². The summed E-state index contributed by atoms with van der Waals surface area (Å²) >= 11 is 5.43. The van der Waals surface area contributed by atoms with Gasteiger partial charge in [0.25, 0.3) is 0 Å². The first kappa shape index (κ1) is 21.2. The van der Waals surface area contributed by atoms with Crippen LogP contribution in [0.1, 0.15) is 50.1 Å². The number of nitrogens with zero attached hydrogens (tertiary/aromatic N) is 2. The summed E-state index contributed by atoms with van der Waals surface area (Å²) in [6.45, 7) is 9.43. The van der Waals surface area contributed by atoms with Crippen molar-refractivity contribution in [1.82, 2.24) is 9.97 Å². The zero-order valence-electron chi connectivity index (χ0n) is 17.5. The maximum atomic E-state index is 6.05. The lowest BCUT2D eigenvalue weighted by Crippen LogP contribution is -2.31. The number of hydrogen-bond donors (Lipinski definition) is 0. The van der Waals surface area contributed by atoms with Crippen LogP contribution in [0, 0.1) is 0 Å². The van der Waals surface area contributed by atoms with Crippen LogP contribution in [0.5, 0.6) is 0 Å². The molecule has 0 bridgehead atoms. The summed E-state index contributed by atoms with van der Waals surface area (Å²) in [5.74, 6) is 1.07. The summed E-state index contributed by atoms with van der Waals surface area (Å²) in [4.78, 5) is 12.4. The van der Waals surface area contributed by atoms with Gasteiger partial charge in [-0.25, -0.2) is 9.97 Å². The van der Waals surface area contributed by atoms with Gasteiger partial charge in [0.2, 0.25) is 0 Å². The molecule has 0 spiro atoms. The minimum Gasteiger partial charge on any atom is -0.370 e. The molecular weight excluding hydrogens is 416 g/mol. The molecule has 2 aromatic heterocycles. The Balaban J connectivity index is 1.60. The molecule has 1 aliphatic rings. The second kappa shape index (κ2) is 8.96. The summed E-state index contributed by atoms with van der Waals surface area (Å²) in [5, 5.41) is 3.80. The molecule has 3 heterocycles. The van der Waals surface area contributed by atoms with Gasteiger partial charge in [-0.15, -0.1) is 23.1 Å². The van der Waals surface area contributed by atoms with Crippen LogP contribution >= 0.6 is 34.9 Å². The zero-order chi connectivity index (χ0) is 20.4. The number of aromatic nitrogens is 2. The number of benzene rings is 1. The highest BCUT2D eigenvalue weighted by atomic mass is 32.2. The van der Waals surface area contributed by atoms with Crippen LogP contribution in [0.25, 0.3) is 10.2 Å². The lowest BCUT2D eigenvalue weighted by Gasteiger charge is -2.30. The van der Waals surface area contributed by atoms with Crippen LogP contribution in [-0.4, -0.2) is 26.6 Å². The maximum absolute atomic E-state index is 6.05. The van der Waals surface area contributed by atoms with E-state index in [1.807, 2.05) is 11.8 Å². The van der Waals surface area contributed by atoms with E-state index in [0.29, 0.717) is 11.9 Å². The van der Waals surface area contributed by atoms with Crippen molar-refractivity contribution >= 4 is 45.1 Å². The highest BCUT2D eigenvalue weighted by Crippen LogP contribution is 2.42. The topological polar surface area (TPSA) is 35.0 Å². The molecule has 1 aliphatic heterocycles. The molecule has 4 rings (SSSR count). The molecule has 0 fully saturated rings. The molecule has 154 valence electrons. The molecule has 0 amide bonds. The molecule has 0 saturated carbocycles. The number of thioether (sulfide) groups is 2. The van der Waals surface area contributed by atoms with E-state index in [1.165, 1.54) is 21.4 Å². The van der Waals surface area contributed by atoms with Crippen molar-refractivity contribution in [1.29, 1.82) is 0 Å². The Labute approximate surface area is 186 Å². The molecule has 3 aromatic rings. The van der Waals surface area contributed by atoms with E-state index in [-0.39, 0.29) is 5.60 Å². The van der Waals surface area contributed by atoms with Crippen LogP contribution < -0.4 is 0 Å². The Morgan fingerprint density at radius 2 is 1.97 bits per heavy atom. The van der Waals surface area contributed by atoms with Gasteiger partial charge in [-0.2, -0.15) is 0 Å². The smallest absolute Gasteiger partial charge is 0.190 e. The monoisotopic (exact) mass is 444 g/mol. The van der Waals surface area contributed by atoms with Crippen molar-refractivity contribution in [2.45, 2.75) is 74.6 Å². The fourth-order valence-corrected chi connectivity index (χ4v) is 6.54. The molecule has 1 aromatic carbocycles. The van der Waals surface area contributed by atoms with Crippen molar-refractivity contribution in [3.63, 3.8) is 0 Å². The summed E-state index contributed by atoms with van der Waals surface area (Å²) < 4.78 is 6.05. The molecule has 6 heteroatoms. The molecule has 0 unspecified atom stereocenters. The predicted octanol–water partition coefficient (Wildman–Crippen LogP) is 6.77. The Kier molecular flexibility index (Phi) is 6.54. The fourth-order valence-electron chi connectivity index (χ4n) is 3.55. The third-order valence-corrected chi connectivity index (χ3v) is 7.94. The summed E-state index contributed by atoms with van der Waals surface area (Å²) in [5.41, 5.74) is 2.69. The molecule has 0 atom stereocenters. The third kappa shape index (κ3) is 5.16. The van der Waals surface area contributed by atoms with Gasteiger partial charge in [-0.1, -0.05) is 55.9 Å². The van der Waals surface area contributed by atoms with Crippen LogP contribution in [0.15, 0.2) is 40.5 Å². The molecule has 29 heavy (non-hydrogen) atoms. The Morgan fingerprint density at radius 1 is 1.17 bits per heavy atom. The van der Waals surface area contributed by atoms with Gasteiger partial charge < -0.3 is 4.74 Å². The molecule has 3 nitrogen and oxygen atoms in total. The molecular formula is C23H28N2OS3. The molecule has 0 N–H and O–H groups in total. The maximum Gasteiger partial charge on any atom is 0.190 e. The van der Waals surface area contributed by atoms with E-state index in [1.54, 1.807) is 23.1 Å². The van der Waals surface area contributed by atoms with E-state index < -0.39 is 0 Å². The van der Waals surface area contributed by atoms with Crippen LogP contribution in [-0.2, 0) is 24.2 Å². The number of fused-ring (bicyclic) bond motifs is 3. The van der Waals surface area contributed by atoms with E-state index in [4.69, 9.17) is 14.7 Å². The average molecular weight is 445 g/mol. The summed E-state index contributed by atoms with van der Waals surface area (Å²) in [6.07, 6.45) is 3.19. The number of hydrogen-bond acceptors (Lipinski definition) is 6. The van der Waals surface area contributed by atoms with Crippen molar-refractivity contribution < 1.29 is 4.74 Å². The molecule has 0 aliphatic carbocycles. The van der Waals surface area contributed by atoms with Crippen LogP contribution in [0.3, 0.4) is 0 Å². The fraction of sp³-hybridized carbons (Fsp3) is 0.478. The minimum absolute atomic E-state index is 0.123. The van der Waals surface area contributed by atoms with E-state index >= 15 is 0 Å². The Morgan fingerprint density at radius 3 is 2.72 bits per heavy atom. The molecule has 0 saturated heterocycles. The van der Waals surface area contributed by atoms with Crippen molar-refractivity contribution in [3.8, 4) is 0 Å². The first-order valence-electron chi connectivity index (χ1n) is 10.2. The van der Waals surface area contributed by atoms with Gasteiger partial charge in [-0.3, -0.25) is 0 Å². The Hall–Kier alpha value is -1.08. The van der Waals surface area contributed by atoms with Gasteiger partial charge in [-0.05, 0) is 43.6 Å². The quantitative estimate of drug-likeness (QED) is 0.174. The van der Waals surface area contributed by atoms with Gasteiger partial charge >= 0.3 is 0 Å². The van der Waals surface area contributed by atoms with Crippen molar-refractivity contribution in [2.24, 2.45) is 0 Å². The van der Waals surface area contributed by atoms with Crippen molar-refractivity contribution in [3.05, 3.63) is 46.3 Å². The lowest BCUT2D eigenvalue weighted by molar-refractivity contribution is -0.0379. The van der Waals surface area contributed by atoms with Crippen LogP contribution in [0.4, 0.5) is 0 Å². The zero-order valence-corrected chi connectivity index (χ0v) is 20.0. The normalized spacial score (nSPS) is 15.8. The first-order chi connectivity index (χ1) is 13.9. The Bertz CT molecular complexity index is 983. The predicted molar refractivity (Wildman–Crippen MR) is 126 cm³/mol. The van der Waals surface area contributed by atoms with Crippen molar-refractivity contribution in [2.75, 3.05) is 5.75 Å². The van der Waals surface area contributed by atoms with Gasteiger partial charge in [0, 0.05) is 21.9 Å². The largest absolute Gasteiger partial charge is 0.370 e. The standard InChI is InChI=1S/C23H28N2OS3/c1-15(2)28-22-24-20(27-12-8-11-16-9-6-5-7-10-16)19-17-13-23(3,4)26-14-18(17)29-21(19)25-22/h5-7,9-10,15H,8,11-14H2,1-4H3. The summed E-state index contributed by atoms with van der Waals surface area (Å²) in [6, 6.07) is 10.7. The van der Waals surface area contributed by atoms with E-state index in [0.717, 1.165) is 40.0 Å². The highest BCUT2D eigenvalue weighted by Gasteiger charge is 2.31. The van der Waals surface area contributed by atoms with Crippen LogP contribution in [0.2, 0.25) is 0 Å². The number of ether oxygens (including phenoxy) is 1. The first-order valence-corrected chi connectivity index (χ1v) is 12.9. The minimum atomic E-state index is -0.123.